The van der Waals surface area contributed by atoms with Crippen molar-refractivity contribution in [2.45, 2.75) is 19.8 Å². The van der Waals surface area contributed by atoms with E-state index >= 15 is 0 Å². The van der Waals surface area contributed by atoms with E-state index in [9.17, 15) is 0 Å². The molecule has 1 aliphatic rings. The molecule has 3 heterocycles. The fourth-order valence-electron chi connectivity index (χ4n) is 1.92. The first kappa shape index (κ1) is 7.74. The largest absolute Gasteiger partial charge is 0.234 e. The maximum Gasteiger partial charge on any atom is 0.157 e. The molecule has 0 fully saturated rings. The van der Waals surface area contributed by atoms with Crippen molar-refractivity contribution in [1.82, 2.24) is 14.8 Å². The average molecular weight is 185 g/mol. The first-order chi connectivity index (χ1) is 6.84. The standard InChI is InChI=1S/C11H11N3/c1-8-2-3-9-4-5-10-6-7-12-14(10)11(9)13-8/h2-3,6-7H,4-5H2,1H3. The second-order valence-corrected chi connectivity index (χ2v) is 3.67. The van der Waals surface area contributed by atoms with Gasteiger partial charge in [0.1, 0.15) is 0 Å². The average Bonchev–Trinajstić information content (AvgIpc) is 2.65. The van der Waals surface area contributed by atoms with Gasteiger partial charge in [0.15, 0.2) is 5.82 Å². The lowest BCUT2D eigenvalue weighted by molar-refractivity contribution is 0.712. The smallest absolute Gasteiger partial charge is 0.157 e. The van der Waals surface area contributed by atoms with Crippen molar-refractivity contribution < 1.29 is 0 Å². The summed E-state index contributed by atoms with van der Waals surface area (Å²) in [6.07, 6.45) is 3.99. The van der Waals surface area contributed by atoms with Gasteiger partial charge in [0.05, 0.1) is 0 Å². The summed E-state index contributed by atoms with van der Waals surface area (Å²) in [5.41, 5.74) is 3.61. The second-order valence-electron chi connectivity index (χ2n) is 3.67. The van der Waals surface area contributed by atoms with E-state index in [1.165, 1.54) is 11.3 Å². The molecular formula is C11H11N3. The predicted octanol–water partition coefficient (Wildman–Crippen LogP) is 1.67. The maximum atomic E-state index is 4.53. The van der Waals surface area contributed by atoms with Crippen molar-refractivity contribution in [2.24, 2.45) is 0 Å². The van der Waals surface area contributed by atoms with Gasteiger partial charge >= 0.3 is 0 Å². The van der Waals surface area contributed by atoms with Crippen LogP contribution in [0.5, 0.6) is 0 Å². The molecule has 14 heavy (non-hydrogen) atoms. The summed E-state index contributed by atoms with van der Waals surface area (Å²) < 4.78 is 1.95. The molecule has 0 unspecified atom stereocenters. The number of hydrogen-bond acceptors (Lipinski definition) is 2. The molecule has 2 aromatic heterocycles. The van der Waals surface area contributed by atoms with E-state index in [-0.39, 0.29) is 0 Å². The van der Waals surface area contributed by atoms with Gasteiger partial charge in [-0.3, -0.25) is 0 Å². The molecule has 1 aliphatic heterocycles. The summed E-state index contributed by atoms with van der Waals surface area (Å²) in [6, 6.07) is 6.28. The monoisotopic (exact) mass is 185 g/mol. The van der Waals surface area contributed by atoms with Crippen molar-refractivity contribution in [1.29, 1.82) is 0 Å². The molecule has 0 bridgehead atoms. The molecule has 0 amide bonds. The first-order valence-corrected chi connectivity index (χ1v) is 4.84. The van der Waals surface area contributed by atoms with E-state index in [0.29, 0.717) is 0 Å². The number of hydrogen-bond donors (Lipinski definition) is 0. The molecule has 3 heteroatoms. The van der Waals surface area contributed by atoms with Crippen LogP contribution in [0.4, 0.5) is 0 Å². The summed E-state index contributed by atoms with van der Waals surface area (Å²) in [5, 5.41) is 4.29. The van der Waals surface area contributed by atoms with Crippen molar-refractivity contribution in [2.75, 3.05) is 0 Å². The van der Waals surface area contributed by atoms with E-state index in [1.54, 1.807) is 0 Å². The van der Waals surface area contributed by atoms with Crippen LogP contribution in [0.3, 0.4) is 0 Å². The highest BCUT2D eigenvalue weighted by molar-refractivity contribution is 5.39. The number of rotatable bonds is 0. The SMILES string of the molecule is Cc1ccc2c(n1)-n1nccc1CC2. The molecule has 0 spiro atoms. The Morgan fingerprint density at radius 1 is 1.21 bits per heavy atom. The molecule has 70 valence electrons. The number of fused-ring (bicyclic) bond motifs is 3. The number of pyridine rings is 1. The minimum atomic E-state index is 1.01. The fourth-order valence-corrected chi connectivity index (χ4v) is 1.92. The number of nitrogens with zero attached hydrogens (tertiary/aromatic N) is 3. The van der Waals surface area contributed by atoms with Crippen LogP contribution in [0.2, 0.25) is 0 Å². The summed E-state index contributed by atoms with van der Waals surface area (Å²) in [4.78, 5) is 4.53. The molecule has 0 saturated carbocycles. The van der Waals surface area contributed by atoms with Crippen LogP contribution in [-0.4, -0.2) is 14.8 Å². The second kappa shape index (κ2) is 2.67. The maximum absolute atomic E-state index is 4.53. The van der Waals surface area contributed by atoms with Gasteiger partial charge in [0.25, 0.3) is 0 Å². The number of aryl methyl sites for hydroxylation is 3. The molecule has 0 saturated heterocycles. The Morgan fingerprint density at radius 2 is 2.14 bits per heavy atom. The van der Waals surface area contributed by atoms with Crippen LogP contribution in [0.15, 0.2) is 24.4 Å². The number of aromatic nitrogens is 3. The highest BCUT2D eigenvalue weighted by Gasteiger charge is 2.16. The van der Waals surface area contributed by atoms with E-state index in [2.05, 4.69) is 28.3 Å². The van der Waals surface area contributed by atoms with Gasteiger partial charge in [-0.25, -0.2) is 9.67 Å². The lowest BCUT2D eigenvalue weighted by Gasteiger charge is -2.16. The minimum Gasteiger partial charge on any atom is -0.234 e. The van der Waals surface area contributed by atoms with E-state index < -0.39 is 0 Å². The van der Waals surface area contributed by atoms with Gasteiger partial charge in [0, 0.05) is 17.6 Å². The Labute approximate surface area is 82.4 Å². The van der Waals surface area contributed by atoms with Gasteiger partial charge < -0.3 is 0 Å². The molecular weight excluding hydrogens is 174 g/mol. The molecule has 3 rings (SSSR count). The molecule has 0 atom stereocenters. The topological polar surface area (TPSA) is 30.7 Å². The zero-order valence-corrected chi connectivity index (χ0v) is 8.07. The third-order valence-electron chi connectivity index (χ3n) is 2.67. The summed E-state index contributed by atoms with van der Waals surface area (Å²) >= 11 is 0. The Morgan fingerprint density at radius 3 is 3.07 bits per heavy atom. The predicted molar refractivity (Wildman–Crippen MR) is 53.5 cm³/mol. The van der Waals surface area contributed by atoms with Crippen molar-refractivity contribution in [3.8, 4) is 5.82 Å². The highest BCUT2D eigenvalue weighted by atomic mass is 15.3. The van der Waals surface area contributed by atoms with Gasteiger partial charge in [0.2, 0.25) is 0 Å². The van der Waals surface area contributed by atoms with E-state index in [4.69, 9.17) is 0 Å². The van der Waals surface area contributed by atoms with Crippen molar-refractivity contribution in [3.63, 3.8) is 0 Å². The van der Waals surface area contributed by atoms with Crippen LogP contribution in [0, 0.1) is 6.92 Å². The molecule has 0 aromatic carbocycles. The van der Waals surface area contributed by atoms with Crippen LogP contribution >= 0.6 is 0 Å². The van der Waals surface area contributed by atoms with Crippen LogP contribution < -0.4 is 0 Å². The summed E-state index contributed by atoms with van der Waals surface area (Å²) in [7, 11) is 0. The summed E-state index contributed by atoms with van der Waals surface area (Å²) in [5.74, 6) is 1.01. The highest BCUT2D eigenvalue weighted by Crippen LogP contribution is 2.21. The quantitative estimate of drug-likeness (QED) is 0.625. The molecule has 2 aromatic rings. The van der Waals surface area contributed by atoms with Gasteiger partial charge in [-0.05, 0) is 37.5 Å². The van der Waals surface area contributed by atoms with Gasteiger partial charge in [-0.2, -0.15) is 5.10 Å². The zero-order valence-electron chi connectivity index (χ0n) is 8.07. The fraction of sp³-hybridized carbons (Fsp3) is 0.273. The Bertz CT molecular complexity index is 485. The zero-order chi connectivity index (χ0) is 9.54. The van der Waals surface area contributed by atoms with E-state index in [0.717, 1.165) is 24.4 Å². The van der Waals surface area contributed by atoms with E-state index in [1.807, 2.05) is 17.8 Å². The third kappa shape index (κ3) is 0.985. The third-order valence-corrected chi connectivity index (χ3v) is 2.67. The molecule has 0 radical (unpaired) electrons. The Balaban J connectivity index is 2.28. The molecule has 0 aliphatic carbocycles. The van der Waals surface area contributed by atoms with Crippen LogP contribution in [0.25, 0.3) is 5.82 Å². The Kier molecular flexibility index (Phi) is 1.48. The molecule has 0 N–H and O–H groups in total. The minimum absolute atomic E-state index is 1.01. The van der Waals surface area contributed by atoms with Crippen molar-refractivity contribution in [3.05, 3.63) is 41.3 Å². The lowest BCUT2D eigenvalue weighted by atomic mass is 10.1. The van der Waals surface area contributed by atoms with Gasteiger partial charge in [-0.1, -0.05) is 6.07 Å². The molecule has 3 nitrogen and oxygen atoms in total. The first-order valence-electron chi connectivity index (χ1n) is 4.84. The van der Waals surface area contributed by atoms with Crippen molar-refractivity contribution >= 4 is 0 Å². The lowest BCUT2D eigenvalue weighted by Crippen LogP contribution is -2.14. The Hall–Kier alpha value is -1.64. The van der Waals surface area contributed by atoms with Crippen LogP contribution in [-0.2, 0) is 12.8 Å². The van der Waals surface area contributed by atoms with Gasteiger partial charge in [-0.15, -0.1) is 0 Å². The van der Waals surface area contributed by atoms with Crippen LogP contribution in [0.1, 0.15) is 17.0 Å². The normalized spacial score (nSPS) is 13.5. The summed E-state index contributed by atoms with van der Waals surface area (Å²) in [6.45, 7) is 2.01.